The molecule has 0 heterocycles. The Kier molecular flexibility index (Phi) is 3.95. The summed E-state index contributed by atoms with van der Waals surface area (Å²) >= 11 is 0. The Bertz CT molecular complexity index is 147. The molecule has 0 saturated carbocycles. The molecule has 0 N–H and O–H groups in total. The number of rotatable bonds is 3. The van der Waals surface area contributed by atoms with E-state index in [-0.39, 0.29) is 5.60 Å². The third-order valence-electron chi connectivity index (χ3n) is 1.10. The lowest BCUT2D eigenvalue weighted by Gasteiger charge is -2.36. The van der Waals surface area contributed by atoms with Crippen molar-refractivity contribution in [1.29, 1.82) is 0 Å². The first-order chi connectivity index (χ1) is 5.41. The Morgan fingerprint density at radius 1 is 0.846 bits per heavy atom. The van der Waals surface area contributed by atoms with E-state index >= 15 is 0 Å². The predicted molar refractivity (Wildman–Crippen MR) is 62.8 cm³/mol. The molecule has 0 spiro atoms. The van der Waals surface area contributed by atoms with Crippen LogP contribution in [0.1, 0.15) is 20.8 Å². The van der Waals surface area contributed by atoms with Crippen molar-refractivity contribution in [1.82, 2.24) is 0 Å². The average Bonchev–Trinajstić information content (AvgIpc) is 1.43. The van der Waals surface area contributed by atoms with Crippen LogP contribution in [-0.2, 0) is 8.54 Å². The molecule has 0 aliphatic carbocycles. The van der Waals surface area contributed by atoms with Crippen molar-refractivity contribution in [2.24, 2.45) is 0 Å². The fraction of sp³-hybridized carbons (Fsp3) is 1.00. The normalized spacial score (nSPS) is 14.8. The summed E-state index contributed by atoms with van der Waals surface area (Å²) in [7, 11) is -3.37. The van der Waals surface area contributed by atoms with Gasteiger partial charge in [-0.2, -0.15) is 0 Å². The van der Waals surface area contributed by atoms with E-state index in [0.717, 1.165) is 0 Å². The molecule has 0 aromatic rings. The van der Waals surface area contributed by atoms with Gasteiger partial charge in [0.25, 0.3) is 0 Å². The summed E-state index contributed by atoms with van der Waals surface area (Å²) in [6.45, 7) is 17.1. The van der Waals surface area contributed by atoms with Gasteiger partial charge < -0.3 is 8.54 Å². The highest BCUT2D eigenvalue weighted by Gasteiger charge is 2.34. The topological polar surface area (TPSA) is 18.5 Å². The lowest BCUT2D eigenvalue weighted by Crippen LogP contribution is -2.48. The lowest BCUT2D eigenvalue weighted by molar-refractivity contribution is 0.0929. The summed E-state index contributed by atoms with van der Waals surface area (Å²) in [5, 5.41) is 0. The van der Waals surface area contributed by atoms with Crippen LogP contribution >= 0.6 is 0 Å². The first-order valence-electron chi connectivity index (χ1n) is 4.82. The van der Waals surface area contributed by atoms with E-state index in [1.54, 1.807) is 0 Å². The summed E-state index contributed by atoms with van der Waals surface area (Å²) in [5.74, 6) is 0. The molecular formula is C9H24O2Si2. The van der Waals surface area contributed by atoms with Crippen molar-refractivity contribution in [3.05, 3.63) is 0 Å². The maximum absolute atomic E-state index is 6.06. The molecule has 0 aromatic carbocycles. The van der Waals surface area contributed by atoms with Gasteiger partial charge in [-0.25, -0.2) is 0 Å². The van der Waals surface area contributed by atoms with Gasteiger partial charge in [-0.1, -0.05) is 0 Å². The minimum absolute atomic E-state index is 0.0879. The quantitative estimate of drug-likeness (QED) is 0.679. The average molecular weight is 220 g/mol. The monoisotopic (exact) mass is 220 g/mol. The molecule has 0 aliphatic rings. The lowest BCUT2D eigenvalue weighted by atomic mass is 10.2. The van der Waals surface area contributed by atoms with Crippen LogP contribution in [-0.4, -0.2) is 22.5 Å². The molecular weight excluding hydrogens is 196 g/mol. The first kappa shape index (κ1) is 13.4. The van der Waals surface area contributed by atoms with E-state index in [1.807, 2.05) is 0 Å². The Balaban J connectivity index is 4.25. The highest BCUT2D eigenvalue weighted by molar-refractivity contribution is 6.81. The van der Waals surface area contributed by atoms with Crippen LogP contribution in [0.15, 0.2) is 0 Å². The van der Waals surface area contributed by atoms with Gasteiger partial charge in [-0.3, -0.25) is 0 Å². The Labute approximate surface area is 85.0 Å². The van der Waals surface area contributed by atoms with Crippen LogP contribution in [0.4, 0.5) is 0 Å². The van der Waals surface area contributed by atoms with Gasteiger partial charge in [0.05, 0.1) is 5.60 Å². The summed E-state index contributed by atoms with van der Waals surface area (Å²) in [6.07, 6.45) is 0. The summed E-state index contributed by atoms with van der Waals surface area (Å²) < 4.78 is 12.0. The second-order valence-corrected chi connectivity index (χ2v) is 13.9. The van der Waals surface area contributed by atoms with Crippen molar-refractivity contribution >= 4 is 16.9 Å². The van der Waals surface area contributed by atoms with Crippen LogP contribution in [0, 0.1) is 0 Å². The molecule has 13 heavy (non-hydrogen) atoms. The predicted octanol–water partition coefficient (Wildman–Crippen LogP) is 3.35. The largest absolute Gasteiger partial charge is 0.436 e. The van der Waals surface area contributed by atoms with Gasteiger partial charge in [0.15, 0.2) is 8.32 Å². The van der Waals surface area contributed by atoms with Crippen molar-refractivity contribution in [2.45, 2.75) is 59.1 Å². The van der Waals surface area contributed by atoms with E-state index in [9.17, 15) is 0 Å². The van der Waals surface area contributed by atoms with E-state index in [1.165, 1.54) is 0 Å². The van der Waals surface area contributed by atoms with Gasteiger partial charge in [0.2, 0.25) is 0 Å². The minimum atomic E-state index is -1.91. The Morgan fingerprint density at radius 3 is 1.46 bits per heavy atom. The van der Waals surface area contributed by atoms with Crippen LogP contribution in [0.2, 0.25) is 32.7 Å². The molecule has 0 bridgehead atoms. The Hall–Kier alpha value is 0.354. The van der Waals surface area contributed by atoms with Gasteiger partial charge >= 0.3 is 8.56 Å². The summed E-state index contributed by atoms with van der Waals surface area (Å²) in [6, 6.07) is 0. The zero-order valence-electron chi connectivity index (χ0n) is 10.3. The van der Waals surface area contributed by atoms with E-state index in [0.29, 0.717) is 0 Å². The second kappa shape index (κ2) is 3.84. The molecule has 2 nitrogen and oxygen atoms in total. The zero-order chi connectivity index (χ0) is 10.9. The molecule has 0 amide bonds. The van der Waals surface area contributed by atoms with E-state index < -0.39 is 16.9 Å². The maximum atomic E-state index is 6.06. The highest BCUT2D eigenvalue weighted by Crippen LogP contribution is 2.21. The molecule has 0 atom stereocenters. The van der Waals surface area contributed by atoms with Gasteiger partial charge in [0, 0.05) is 0 Å². The van der Waals surface area contributed by atoms with Crippen molar-refractivity contribution in [3.8, 4) is 0 Å². The van der Waals surface area contributed by atoms with Crippen LogP contribution < -0.4 is 0 Å². The SMILES string of the molecule is CC(C)(C)O[Si](C)(C)O[Si](C)(C)C. The number of hydrogen-bond donors (Lipinski definition) is 0. The fourth-order valence-corrected chi connectivity index (χ4v) is 9.04. The Morgan fingerprint density at radius 2 is 1.23 bits per heavy atom. The van der Waals surface area contributed by atoms with Crippen molar-refractivity contribution in [3.63, 3.8) is 0 Å². The van der Waals surface area contributed by atoms with Crippen LogP contribution in [0.3, 0.4) is 0 Å². The smallest absolute Gasteiger partial charge is 0.321 e. The molecule has 0 unspecified atom stereocenters. The first-order valence-corrected chi connectivity index (χ1v) is 11.0. The number of hydrogen-bond acceptors (Lipinski definition) is 2. The molecule has 4 heteroatoms. The standard InChI is InChI=1S/C9H24O2Si2/c1-9(2,3)10-13(7,8)11-12(4,5)6/h1-8H3. The van der Waals surface area contributed by atoms with Gasteiger partial charge in [0.1, 0.15) is 0 Å². The van der Waals surface area contributed by atoms with Gasteiger partial charge in [-0.15, -0.1) is 0 Å². The summed E-state index contributed by atoms with van der Waals surface area (Å²) in [5.41, 5.74) is -0.0879. The highest BCUT2D eigenvalue weighted by atomic mass is 28.4. The fourth-order valence-electron chi connectivity index (χ4n) is 1.50. The summed E-state index contributed by atoms with van der Waals surface area (Å²) in [4.78, 5) is 0. The molecule has 0 rings (SSSR count). The van der Waals surface area contributed by atoms with E-state index in [2.05, 4.69) is 53.5 Å². The third kappa shape index (κ3) is 8.68. The molecule has 0 aliphatic heterocycles. The van der Waals surface area contributed by atoms with Crippen LogP contribution in [0.25, 0.3) is 0 Å². The maximum Gasteiger partial charge on any atom is 0.321 e. The zero-order valence-corrected chi connectivity index (χ0v) is 12.3. The van der Waals surface area contributed by atoms with Gasteiger partial charge in [-0.05, 0) is 53.5 Å². The molecule has 0 aromatic heterocycles. The molecule has 80 valence electrons. The molecule has 0 radical (unpaired) electrons. The van der Waals surface area contributed by atoms with Crippen LogP contribution in [0.5, 0.6) is 0 Å². The van der Waals surface area contributed by atoms with E-state index in [4.69, 9.17) is 8.54 Å². The third-order valence-corrected chi connectivity index (χ3v) is 6.62. The molecule has 0 saturated heterocycles. The van der Waals surface area contributed by atoms with Crippen molar-refractivity contribution in [2.75, 3.05) is 0 Å². The van der Waals surface area contributed by atoms with Crippen molar-refractivity contribution < 1.29 is 8.54 Å². The minimum Gasteiger partial charge on any atom is -0.436 e. The second-order valence-electron chi connectivity index (χ2n) is 5.83. The molecule has 0 fully saturated rings.